The van der Waals surface area contributed by atoms with E-state index in [0.29, 0.717) is 18.4 Å². The molecule has 0 aliphatic carbocycles. The average Bonchev–Trinajstić information content (AvgIpc) is 3.03. The lowest BCUT2D eigenvalue weighted by molar-refractivity contribution is 0.0893. The molecule has 0 aromatic rings. The highest BCUT2D eigenvalue weighted by Gasteiger charge is 2.15. The molecule has 0 aromatic carbocycles. The van der Waals surface area contributed by atoms with E-state index in [9.17, 15) is 0 Å². The van der Waals surface area contributed by atoms with E-state index in [0.717, 1.165) is 71.5 Å². The average molecular weight is 329 g/mol. The Morgan fingerprint density at radius 3 is 2.83 bits per heavy atom. The molecular weight excluding hydrogens is 294 g/mol. The molecule has 1 unspecified atom stereocenters. The van der Waals surface area contributed by atoms with Gasteiger partial charge in [0.05, 0.1) is 19.8 Å². The SMILES string of the molecule is CCNC(=NCCCOCC1CCOC1)NCCOCC(C)C. The van der Waals surface area contributed by atoms with Gasteiger partial charge in [0.2, 0.25) is 0 Å². The molecule has 0 amide bonds. The molecule has 0 saturated carbocycles. The van der Waals surface area contributed by atoms with Gasteiger partial charge in [0.1, 0.15) is 0 Å². The maximum Gasteiger partial charge on any atom is 0.191 e. The van der Waals surface area contributed by atoms with E-state index in [1.807, 2.05) is 0 Å². The number of guanidine groups is 1. The van der Waals surface area contributed by atoms with Crippen molar-refractivity contribution in [1.29, 1.82) is 0 Å². The predicted molar refractivity (Wildman–Crippen MR) is 94.0 cm³/mol. The van der Waals surface area contributed by atoms with Gasteiger partial charge in [-0.25, -0.2) is 0 Å². The lowest BCUT2D eigenvalue weighted by Gasteiger charge is -2.12. The molecular formula is C17H35N3O3. The van der Waals surface area contributed by atoms with Crippen molar-refractivity contribution in [3.05, 3.63) is 0 Å². The summed E-state index contributed by atoms with van der Waals surface area (Å²) in [5.41, 5.74) is 0. The second kappa shape index (κ2) is 13.6. The normalized spacial score (nSPS) is 18.6. The first-order valence-electron chi connectivity index (χ1n) is 8.97. The van der Waals surface area contributed by atoms with E-state index < -0.39 is 0 Å². The van der Waals surface area contributed by atoms with Crippen LogP contribution in [0, 0.1) is 11.8 Å². The largest absolute Gasteiger partial charge is 0.381 e. The maximum atomic E-state index is 5.68. The molecule has 136 valence electrons. The lowest BCUT2D eigenvalue weighted by atomic mass is 10.1. The van der Waals surface area contributed by atoms with Crippen LogP contribution in [-0.2, 0) is 14.2 Å². The second-order valence-corrected chi connectivity index (χ2v) is 6.31. The Hall–Kier alpha value is -0.850. The van der Waals surface area contributed by atoms with Gasteiger partial charge in [0.15, 0.2) is 5.96 Å². The first-order valence-corrected chi connectivity index (χ1v) is 8.97. The number of nitrogens with one attached hydrogen (secondary N) is 2. The standard InChI is InChI=1S/C17H35N3O3/c1-4-18-17(20-8-11-23-12-15(2)3)19-7-5-9-21-13-16-6-10-22-14-16/h15-16H,4-14H2,1-3H3,(H2,18,19,20). The molecule has 0 aromatic heterocycles. The third kappa shape index (κ3) is 11.3. The van der Waals surface area contributed by atoms with Crippen LogP contribution in [0.5, 0.6) is 0 Å². The predicted octanol–water partition coefficient (Wildman–Crippen LogP) is 1.66. The molecule has 1 fully saturated rings. The fourth-order valence-electron chi connectivity index (χ4n) is 2.22. The number of ether oxygens (including phenoxy) is 3. The molecule has 1 atom stereocenters. The summed E-state index contributed by atoms with van der Waals surface area (Å²) in [5, 5.41) is 6.53. The van der Waals surface area contributed by atoms with Gasteiger partial charge in [-0.3, -0.25) is 4.99 Å². The van der Waals surface area contributed by atoms with Crippen LogP contribution in [-0.4, -0.2) is 65.2 Å². The van der Waals surface area contributed by atoms with Crippen LogP contribution in [0.2, 0.25) is 0 Å². The summed E-state index contributed by atoms with van der Waals surface area (Å²) < 4.78 is 16.6. The van der Waals surface area contributed by atoms with Crippen molar-refractivity contribution in [3.63, 3.8) is 0 Å². The smallest absolute Gasteiger partial charge is 0.191 e. The van der Waals surface area contributed by atoms with Crippen molar-refractivity contribution in [1.82, 2.24) is 10.6 Å². The van der Waals surface area contributed by atoms with E-state index in [2.05, 4.69) is 36.4 Å². The Kier molecular flexibility index (Phi) is 11.9. The quantitative estimate of drug-likeness (QED) is 0.324. The van der Waals surface area contributed by atoms with Gasteiger partial charge >= 0.3 is 0 Å². The highest BCUT2D eigenvalue weighted by Crippen LogP contribution is 2.12. The Bertz CT molecular complexity index is 305. The summed E-state index contributed by atoms with van der Waals surface area (Å²) >= 11 is 0. The summed E-state index contributed by atoms with van der Waals surface area (Å²) in [6, 6.07) is 0. The number of hydrogen-bond acceptors (Lipinski definition) is 4. The summed E-state index contributed by atoms with van der Waals surface area (Å²) in [6.45, 7) is 13.6. The van der Waals surface area contributed by atoms with E-state index in [-0.39, 0.29) is 0 Å². The van der Waals surface area contributed by atoms with Crippen LogP contribution < -0.4 is 10.6 Å². The van der Waals surface area contributed by atoms with Crippen LogP contribution in [0.3, 0.4) is 0 Å². The Morgan fingerprint density at radius 1 is 1.26 bits per heavy atom. The topological polar surface area (TPSA) is 64.1 Å². The molecule has 1 aliphatic rings. The molecule has 0 radical (unpaired) electrons. The van der Waals surface area contributed by atoms with Crippen LogP contribution in [0.4, 0.5) is 0 Å². The third-order valence-corrected chi connectivity index (χ3v) is 3.43. The zero-order valence-corrected chi connectivity index (χ0v) is 15.1. The molecule has 1 rings (SSSR count). The highest BCUT2D eigenvalue weighted by atomic mass is 16.5. The number of aliphatic imine (C=N–C) groups is 1. The van der Waals surface area contributed by atoms with Gasteiger partial charge in [-0.15, -0.1) is 0 Å². The van der Waals surface area contributed by atoms with Gasteiger partial charge in [0, 0.05) is 45.4 Å². The van der Waals surface area contributed by atoms with Crippen LogP contribution in [0.25, 0.3) is 0 Å². The minimum absolute atomic E-state index is 0.577. The Labute approximate surface area is 141 Å². The van der Waals surface area contributed by atoms with Gasteiger partial charge in [-0.2, -0.15) is 0 Å². The molecule has 1 saturated heterocycles. The second-order valence-electron chi connectivity index (χ2n) is 6.31. The van der Waals surface area contributed by atoms with E-state index in [4.69, 9.17) is 14.2 Å². The third-order valence-electron chi connectivity index (χ3n) is 3.43. The molecule has 1 aliphatic heterocycles. The minimum Gasteiger partial charge on any atom is -0.381 e. The summed E-state index contributed by atoms with van der Waals surface area (Å²) in [7, 11) is 0. The van der Waals surface area contributed by atoms with Crippen LogP contribution in [0.15, 0.2) is 4.99 Å². The van der Waals surface area contributed by atoms with Crippen molar-refractivity contribution in [2.24, 2.45) is 16.8 Å². The van der Waals surface area contributed by atoms with Crippen molar-refractivity contribution < 1.29 is 14.2 Å². The lowest BCUT2D eigenvalue weighted by Crippen LogP contribution is -2.39. The van der Waals surface area contributed by atoms with Gasteiger partial charge in [0.25, 0.3) is 0 Å². The summed E-state index contributed by atoms with van der Waals surface area (Å²) in [6.07, 6.45) is 2.07. The van der Waals surface area contributed by atoms with Gasteiger partial charge in [-0.1, -0.05) is 13.8 Å². The van der Waals surface area contributed by atoms with Crippen molar-refractivity contribution in [2.45, 2.75) is 33.6 Å². The molecule has 6 heteroatoms. The van der Waals surface area contributed by atoms with E-state index in [1.54, 1.807) is 0 Å². The van der Waals surface area contributed by atoms with Crippen molar-refractivity contribution in [2.75, 3.05) is 59.3 Å². The highest BCUT2D eigenvalue weighted by molar-refractivity contribution is 5.79. The summed E-state index contributed by atoms with van der Waals surface area (Å²) in [4.78, 5) is 4.55. The molecule has 23 heavy (non-hydrogen) atoms. The first kappa shape index (κ1) is 20.2. The molecule has 6 nitrogen and oxygen atoms in total. The van der Waals surface area contributed by atoms with Crippen LogP contribution in [0.1, 0.15) is 33.6 Å². The molecule has 1 heterocycles. The zero-order chi connectivity index (χ0) is 16.8. The van der Waals surface area contributed by atoms with Crippen LogP contribution >= 0.6 is 0 Å². The molecule has 0 spiro atoms. The fraction of sp³-hybridized carbons (Fsp3) is 0.941. The summed E-state index contributed by atoms with van der Waals surface area (Å²) in [5.74, 6) is 2.01. The molecule has 0 bridgehead atoms. The Balaban J connectivity index is 2.03. The zero-order valence-electron chi connectivity index (χ0n) is 15.1. The van der Waals surface area contributed by atoms with Crippen molar-refractivity contribution in [3.8, 4) is 0 Å². The van der Waals surface area contributed by atoms with Gasteiger partial charge < -0.3 is 24.8 Å². The minimum atomic E-state index is 0.577. The monoisotopic (exact) mass is 329 g/mol. The van der Waals surface area contributed by atoms with E-state index in [1.165, 1.54) is 0 Å². The Morgan fingerprint density at radius 2 is 2.13 bits per heavy atom. The first-order chi connectivity index (χ1) is 11.2. The number of hydrogen-bond donors (Lipinski definition) is 2. The molecule has 2 N–H and O–H groups in total. The van der Waals surface area contributed by atoms with Gasteiger partial charge in [-0.05, 0) is 25.7 Å². The van der Waals surface area contributed by atoms with Crippen molar-refractivity contribution >= 4 is 5.96 Å². The number of nitrogens with zero attached hydrogens (tertiary/aromatic N) is 1. The number of rotatable bonds is 12. The maximum absolute atomic E-state index is 5.68. The fourth-order valence-corrected chi connectivity index (χ4v) is 2.22. The van der Waals surface area contributed by atoms with E-state index >= 15 is 0 Å².